The number of carbonyl (C=O) groups excluding carboxylic acids is 1. The van der Waals surface area contributed by atoms with Crippen molar-refractivity contribution >= 4 is 29.1 Å². The molecule has 2 aromatic rings. The number of nitrogens with one attached hydrogen (secondary N) is 1. The van der Waals surface area contributed by atoms with Gasteiger partial charge in [0.25, 0.3) is 0 Å². The van der Waals surface area contributed by atoms with Gasteiger partial charge in [0.1, 0.15) is 0 Å². The predicted molar refractivity (Wildman–Crippen MR) is 113 cm³/mol. The van der Waals surface area contributed by atoms with Gasteiger partial charge < -0.3 is 14.6 Å². The van der Waals surface area contributed by atoms with Gasteiger partial charge in [-0.25, -0.2) is 0 Å². The van der Waals surface area contributed by atoms with Crippen molar-refractivity contribution < 1.29 is 14.1 Å². The van der Waals surface area contributed by atoms with E-state index >= 15 is 0 Å². The summed E-state index contributed by atoms with van der Waals surface area (Å²) in [5.41, 5.74) is 0.551. The number of aryl methyl sites for hydroxylation is 1. The summed E-state index contributed by atoms with van der Waals surface area (Å²) in [6.45, 7) is 7.81. The van der Waals surface area contributed by atoms with Gasteiger partial charge in [0.2, 0.25) is 11.8 Å². The lowest BCUT2D eigenvalue weighted by Gasteiger charge is -2.38. The average molecular weight is 440 g/mol. The molecule has 2 heterocycles. The fourth-order valence-corrected chi connectivity index (χ4v) is 4.07. The molecule has 158 valence electrons. The zero-order valence-corrected chi connectivity index (χ0v) is 18.6. The van der Waals surface area contributed by atoms with E-state index < -0.39 is 0 Å². The summed E-state index contributed by atoms with van der Waals surface area (Å²) in [5.74, 6) is 1.06. The van der Waals surface area contributed by atoms with Crippen molar-refractivity contribution in [1.29, 1.82) is 0 Å². The highest BCUT2D eigenvalue weighted by atomic mass is 35.5. The van der Waals surface area contributed by atoms with Crippen LogP contribution in [-0.4, -0.2) is 35.8 Å². The molecule has 3 rings (SSSR count). The molecule has 1 aromatic heterocycles. The summed E-state index contributed by atoms with van der Waals surface area (Å²) in [7, 11) is 0. The first-order valence-electron chi connectivity index (χ1n) is 9.83. The molecule has 29 heavy (non-hydrogen) atoms. The van der Waals surface area contributed by atoms with Crippen LogP contribution in [0.5, 0.6) is 0 Å². The van der Waals surface area contributed by atoms with E-state index in [9.17, 15) is 4.79 Å². The monoisotopic (exact) mass is 439 g/mol. The molecule has 0 atom stereocenters. The fourth-order valence-electron chi connectivity index (χ4n) is 3.46. The first-order chi connectivity index (χ1) is 13.7. The Kier molecular flexibility index (Phi) is 6.87. The van der Waals surface area contributed by atoms with Gasteiger partial charge in [-0.15, -0.1) is 0 Å². The van der Waals surface area contributed by atoms with Crippen molar-refractivity contribution in [3.8, 4) is 0 Å². The Morgan fingerprint density at radius 2 is 1.97 bits per heavy atom. The minimum absolute atomic E-state index is 0.0588. The quantitative estimate of drug-likeness (QED) is 0.717. The van der Waals surface area contributed by atoms with Gasteiger partial charge in [0.15, 0.2) is 5.82 Å². The second kappa shape index (κ2) is 9.02. The van der Waals surface area contributed by atoms with E-state index in [4.69, 9.17) is 32.5 Å². The topological polar surface area (TPSA) is 77.2 Å². The molecular formula is C21H27Cl2N3O3. The smallest absolute Gasteiger partial charge is 0.227 e. The third-order valence-electron chi connectivity index (χ3n) is 5.28. The normalized spacial score (nSPS) is 16.6. The van der Waals surface area contributed by atoms with E-state index in [0.717, 1.165) is 18.4 Å². The standard InChI is InChI=1S/C21H27Cl2N3O3/c1-20(2,3)19-25-18(29-26-19)7-6-17(27)24-13-21(8-10-28-11-9-21)15-5-4-14(22)12-16(15)23/h4-5,12H,6-11,13H2,1-3H3,(H,24,27). The molecule has 0 bridgehead atoms. The molecule has 0 unspecified atom stereocenters. The number of halogens is 2. The van der Waals surface area contributed by atoms with Crippen molar-refractivity contribution in [3.05, 3.63) is 45.5 Å². The highest BCUT2D eigenvalue weighted by Crippen LogP contribution is 2.39. The van der Waals surface area contributed by atoms with Gasteiger partial charge in [-0.2, -0.15) is 4.98 Å². The maximum atomic E-state index is 12.5. The zero-order chi connectivity index (χ0) is 21.1. The largest absolute Gasteiger partial charge is 0.381 e. The maximum absolute atomic E-state index is 12.5. The first kappa shape index (κ1) is 22.1. The number of amides is 1. The first-order valence-corrected chi connectivity index (χ1v) is 10.6. The van der Waals surface area contributed by atoms with E-state index in [1.54, 1.807) is 6.07 Å². The Bertz CT molecular complexity index is 855. The Morgan fingerprint density at radius 3 is 2.59 bits per heavy atom. The van der Waals surface area contributed by atoms with E-state index in [-0.39, 0.29) is 23.2 Å². The molecule has 0 saturated carbocycles. The van der Waals surface area contributed by atoms with E-state index in [1.807, 2.05) is 32.9 Å². The number of rotatable bonds is 6. The van der Waals surface area contributed by atoms with Gasteiger partial charge in [-0.3, -0.25) is 4.79 Å². The van der Waals surface area contributed by atoms with E-state index in [1.165, 1.54) is 0 Å². The van der Waals surface area contributed by atoms with Crippen LogP contribution in [-0.2, 0) is 26.8 Å². The highest BCUT2D eigenvalue weighted by molar-refractivity contribution is 6.35. The van der Waals surface area contributed by atoms with E-state index in [0.29, 0.717) is 47.9 Å². The number of benzene rings is 1. The molecule has 1 amide bonds. The number of carbonyl (C=O) groups is 1. The third-order valence-corrected chi connectivity index (χ3v) is 5.83. The van der Waals surface area contributed by atoms with Gasteiger partial charge in [-0.1, -0.05) is 55.2 Å². The molecule has 6 nitrogen and oxygen atoms in total. The van der Waals surface area contributed by atoms with Crippen molar-refractivity contribution in [2.75, 3.05) is 19.8 Å². The van der Waals surface area contributed by atoms with Crippen LogP contribution in [0.4, 0.5) is 0 Å². The SMILES string of the molecule is CC(C)(C)c1noc(CCC(=O)NCC2(c3ccc(Cl)cc3Cl)CCOCC2)n1. The van der Waals surface area contributed by atoms with Crippen LogP contribution < -0.4 is 5.32 Å². The lowest BCUT2D eigenvalue weighted by Crippen LogP contribution is -2.44. The molecule has 1 N–H and O–H groups in total. The van der Waals surface area contributed by atoms with Gasteiger partial charge >= 0.3 is 0 Å². The fraction of sp³-hybridized carbons (Fsp3) is 0.571. The second-order valence-corrected chi connectivity index (χ2v) is 9.40. The molecular weight excluding hydrogens is 413 g/mol. The number of aromatic nitrogens is 2. The third kappa shape index (κ3) is 5.50. The highest BCUT2D eigenvalue weighted by Gasteiger charge is 2.36. The molecule has 1 aliphatic heterocycles. The van der Waals surface area contributed by atoms with Crippen LogP contribution in [0, 0.1) is 0 Å². The second-order valence-electron chi connectivity index (χ2n) is 8.56. The van der Waals surface area contributed by atoms with Crippen molar-refractivity contribution in [3.63, 3.8) is 0 Å². The van der Waals surface area contributed by atoms with Crippen molar-refractivity contribution in [1.82, 2.24) is 15.5 Å². The van der Waals surface area contributed by atoms with Crippen LogP contribution in [0.2, 0.25) is 10.0 Å². The molecule has 0 spiro atoms. The van der Waals surface area contributed by atoms with Gasteiger partial charge in [-0.05, 0) is 30.5 Å². The van der Waals surface area contributed by atoms with Gasteiger partial charge in [0.05, 0.1) is 0 Å². The Balaban J connectivity index is 1.62. The Labute approximate surface area is 181 Å². The average Bonchev–Trinajstić information content (AvgIpc) is 3.15. The Morgan fingerprint density at radius 1 is 1.24 bits per heavy atom. The lowest BCUT2D eigenvalue weighted by molar-refractivity contribution is -0.121. The molecule has 1 fully saturated rings. The summed E-state index contributed by atoms with van der Waals surface area (Å²) in [6.07, 6.45) is 2.26. The van der Waals surface area contributed by atoms with Crippen LogP contribution in [0.25, 0.3) is 0 Å². The summed E-state index contributed by atoms with van der Waals surface area (Å²) in [4.78, 5) is 16.9. The number of ether oxygens (including phenoxy) is 1. The molecule has 1 saturated heterocycles. The number of nitrogens with zero attached hydrogens (tertiary/aromatic N) is 2. The maximum Gasteiger partial charge on any atom is 0.227 e. The molecule has 0 radical (unpaired) electrons. The zero-order valence-electron chi connectivity index (χ0n) is 17.1. The predicted octanol–water partition coefficient (Wildman–Crippen LogP) is 4.47. The number of hydrogen-bond donors (Lipinski definition) is 1. The minimum atomic E-state index is -0.264. The van der Waals surface area contributed by atoms with Crippen LogP contribution >= 0.6 is 23.2 Å². The summed E-state index contributed by atoms with van der Waals surface area (Å²) in [6, 6.07) is 5.54. The summed E-state index contributed by atoms with van der Waals surface area (Å²) >= 11 is 12.5. The summed E-state index contributed by atoms with van der Waals surface area (Å²) < 4.78 is 10.8. The molecule has 1 aliphatic rings. The van der Waals surface area contributed by atoms with Crippen LogP contribution in [0.15, 0.2) is 22.7 Å². The van der Waals surface area contributed by atoms with Crippen LogP contribution in [0.3, 0.4) is 0 Å². The minimum Gasteiger partial charge on any atom is -0.381 e. The Hall–Kier alpha value is -1.63. The van der Waals surface area contributed by atoms with Crippen molar-refractivity contribution in [2.24, 2.45) is 0 Å². The van der Waals surface area contributed by atoms with Gasteiger partial charge in [0, 0.05) is 53.5 Å². The summed E-state index contributed by atoms with van der Waals surface area (Å²) in [5, 5.41) is 8.28. The molecule has 1 aromatic carbocycles. The molecule has 8 heteroatoms. The van der Waals surface area contributed by atoms with Crippen LogP contribution in [0.1, 0.15) is 57.3 Å². The number of hydrogen-bond acceptors (Lipinski definition) is 5. The molecule has 0 aliphatic carbocycles. The van der Waals surface area contributed by atoms with E-state index in [2.05, 4.69) is 15.5 Å². The lowest BCUT2D eigenvalue weighted by atomic mass is 9.74. The van der Waals surface area contributed by atoms with Crippen molar-refractivity contribution in [2.45, 2.75) is 57.3 Å².